The van der Waals surface area contributed by atoms with E-state index in [0.29, 0.717) is 16.7 Å². The molecule has 6 nitrogen and oxygen atoms in total. The van der Waals surface area contributed by atoms with Gasteiger partial charge in [0, 0.05) is 6.54 Å². The molecule has 0 radical (unpaired) electrons. The third-order valence-corrected chi connectivity index (χ3v) is 5.74. The first-order chi connectivity index (χ1) is 13.9. The minimum atomic E-state index is -3.72. The summed E-state index contributed by atoms with van der Waals surface area (Å²) in [6, 6.07) is 22.2. The lowest BCUT2D eigenvalue weighted by molar-refractivity contribution is 0.0600. The second-order valence-electron chi connectivity index (χ2n) is 6.23. The van der Waals surface area contributed by atoms with Crippen molar-refractivity contribution in [2.24, 2.45) is 0 Å². The molecule has 0 amide bonds. The number of nitriles is 1. The molecule has 0 heterocycles. The van der Waals surface area contributed by atoms with Crippen LogP contribution in [0.3, 0.4) is 0 Å². The minimum absolute atomic E-state index is 0.0462. The van der Waals surface area contributed by atoms with Crippen LogP contribution in [0.2, 0.25) is 0 Å². The number of nitrogens with one attached hydrogen (secondary N) is 1. The van der Waals surface area contributed by atoms with Gasteiger partial charge in [-0.3, -0.25) is 0 Å². The van der Waals surface area contributed by atoms with Gasteiger partial charge in [0.2, 0.25) is 10.0 Å². The van der Waals surface area contributed by atoms with Crippen LogP contribution < -0.4 is 4.72 Å². The van der Waals surface area contributed by atoms with Crippen LogP contribution in [0, 0.1) is 11.3 Å². The lowest BCUT2D eigenvalue weighted by Gasteiger charge is -2.09. The Kier molecular flexibility index (Phi) is 6.07. The molecule has 7 heteroatoms. The van der Waals surface area contributed by atoms with Crippen molar-refractivity contribution in [3.8, 4) is 17.2 Å². The zero-order chi connectivity index (χ0) is 20.9. The molecule has 0 atom stereocenters. The molecule has 0 aliphatic heterocycles. The molecule has 0 bridgehead atoms. The van der Waals surface area contributed by atoms with Gasteiger partial charge in [-0.25, -0.2) is 17.9 Å². The number of methoxy groups -OCH3 is 1. The molecular weight excluding hydrogens is 388 g/mol. The maximum atomic E-state index is 12.6. The van der Waals surface area contributed by atoms with Crippen molar-refractivity contribution in [2.75, 3.05) is 7.11 Å². The predicted octanol–water partition coefficient (Wildman–Crippen LogP) is 3.49. The van der Waals surface area contributed by atoms with Crippen LogP contribution in [0.15, 0.2) is 77.7 Å². The first-order valence-corrected chi connectivity index (χ1v) is 10.2. The average molecular weight is 406 g/mol. The Morgan fingerprint density at radius 2 is 1.62 bits per heavy atom. The lowest BCUT2D eigenvalue weighted by Crippen LogP contribution is -2.23. The second-order valence-corrected chi connectivity index (χ2v) is 8.00. The van der Waals surface area contributed by atoms with Gasteiger partial charge in [-0.15, -0.1) is 0 Å². The molecule has 0 saturated carbocycles. The van der Waals surface area contributed by atoms with Crippen LogP contribution >= 0.6 is 0 Å². The standard InChI is InChI=1S/C22H18N2O4S/c1-28-22(25)20-4-2-3-17(13-20)15-24-29(26,27)21-11-9-19(10-12-21)18-7-5-16(14-23)6-8-18/h2-13,24H,15H2,1H3. The van der Waals surface area contributed by atoms with E-state index in [0.717, 1.165) is 11.1 Å². The smallest absolute Gasteiger partial charge is 0.337 e. The number of benzene rings is 3. The number of sulfonamides is 1. The number of hydrogen-bond acceptors (Lipinski definition) is 5. The Hall–Kier alpha value is -3.47. The van der Waals surface area contributed by atoms with Crippen molar-refractivity contribution in [2.45, 2.75) is 11.4 Å². The topological polar surface area (TPSA) is 96.3 Å². The van der Waals surface area contributed by atoms with E-state index >= 15 is 0 Å². The van der Waals surface area contributed by atoms with Crippen LogP contribution in [0.4, 0.5) is 0 Å². The van der Waals surface area contributed by atoms with Crippen molar-refractivity contribution < 1.29 is 17.9 Å². The van der Waals surface area contributed by atoms with Crippen molar-refractivity contribution in [3.05, 3.63) is 89.5 Å². The Morgan fingerprint density at radius 3 is 2.21 bits per heavy atom. The fourth-order valence-electron chi connectivity index (χ4n) is 2.75. The van der Waals surface area contributed by atoms with Crippen molar-refractivity contribution >= 4 is 16.0 Å². The molecule has 3 aromatic rings. The Labute approximate surface area is 169 Å². The molecule has 3 aromatic carbocycles. The third-order valence-electron chi connectivity index (χ3n) is 4.33. The second kappa shape index (κ2) is 8.69. The zero-order valence-corrected chi connectivity index (χ0v) is 16.4. The van der Waals surface area contributed by atoms with E-state index in [1.165, 1.54) is 19.2 Å². The number of ether oxygens (including phenoxy) is 1. The van der Waals surface area contributed by atoms with E-state index < -0.39 is 16.0 Å². The van der Waals surface area contributed by atoms with Gasteiger partial charge in [-0.2, -0.15) is 5.26 Å². The predicted molar refractivity (Wildman–Crippen MR) is 108 cm³/mol. The molecule has 0 spiro atoms. The summed E-state index contributed by atoms with van der Waals surface area (Å²) in [5.74, 6) is -0.479. The van der Waals surface area contributed by atoms with Gasteiger partial charge in [0.1, 0.15) is 0 Å². The van der Waals surface area contributed by atoms with Gasteiger partial charge >= 0.3 is 5.97 Å². The highest BCUT2D eigenvalue weighted by molar-refractivity contribution is 7.89. The molecule has 1 N–H and O–H groups in total. The number of nitrogens with zero attached hydrogens (tertiary/aromatic N) is 1. The normalized spacial score (nSPS) is 10.9. The van der Waals surface area contributed by atoms with Crippen LogP contribution in [-0.4, -0.2) is 21.5 Å². The van der Waals surface area contributed by atoms with Crippen LogP contribution in [-0.2, 0) is 21.3 Å². The Morgan fingerprint density at radius 1 is 1.00 bits per heavy atom. The molecule has 0 fully saturated rings. The number of rotatable bonds is 6. The van der Waals surface area contributed by atoms with Gasteiger partial charge in [0.25, 0.3) is 0 Å². The summed E-state index contributed by atoms with van der Waals surface area (Å²) in [6.45, 7) is 0.0462. The monoisotopic (exact) mass is 406 g/mol. The molecule has 146 valence electrons. The highest BCUT2D eigenvalue weighted by Crippen LogP contribution is 2.22. The van der Waals surface area contributed by atoms with E-state index in [-0.39, 0.29) is 11.4 Å². The fraction of sp³-hybridized carbons (Fsp3) is 0.0909. The van der Waals surface area contributed by atoms with E-state index in [1.807, 2.05) is 12.1 Å². The summed E-state index contributed by atoms with van der Waals surface area (Å²) < 4.78 is 32.4. The van der Waals surface area contributed by atoms with E-state index in [1.54, 1.807) is 48.5 Å². The number of esters is 1. The summed E-state index contributed by atoms with van der Waals surface area (Å²) in [5, 5.41) is 8.87. The van der Waals surface area contributed by atoms with Gasteiger partial charge < -0.3 is 4.74 Å². The van der Waals surface area contributed by atoms with Gasteiger partial charge in [-0.1, -0.05) is 36.4 Å². The van der Waals surface area contributed by atoms with E-state index in [2.05, 4.69) is 15.5 Å². The molecular formula is C22H18N2O4S. The summed E-state index contributed by atoms with van der Waals surface area (Å²) in [6.07, 6.45) is 0. The van der Waals surface area contributed by atoms with Gasteiger partial charge in [0.05, 0.1) is 29.2 Å². The number of carbonyl (C=O) groups is 1. The minimum Gasteiger partial charge on any atom is -0.465 e. The van der Waals surface area contributed by atoms with Crippen LogP contribution in [0.5, 0.6) is 0 Å². The molecule has 29 heavy (non-hydrogen) atoms. The number of hydrogen-bond donors (Lipinski definition) is 1. The molecule has 0 aliphatic carbocycles. The molecule has 0 aliphatic rings. The maximum absolute atomic E-state index is 12.6. The maximum Gasteiger partial charge on any atom is 0.337 e. The van der Waals surface area contributed by atoms with Gasteiger partial charge in [0.15, 0.2) is 0 Å². The number of carbonyl (C=O) groups excluding carboxylic acids is 1. The quantitative estimate of drug-likeness (QED) is 0.632. The molecule has 3 rings (SSSR count). The third kappa shape index (κ3) is 4.88. The van der Waals surface area contributed by atoms with Crippen LogP contribution in [0.25, 0.3) is 11.1 Å². The van der Waals surface area contributed by atoms with Crippen molar-refractivity contribution in [1.29, 1.82) is 5.26 Å². The molecule has 0 aromatic heterocycles. The summed E-state index contributed by atoms with van der Waals surface area (Å²) >= 11 is 0. The first-order valence-electron chi connectivity index (χ1n) is 8.70. The Bertz CT molecular complexity index is 1160. The van der Waals surface area contributed by atoms with E-state index in [4.69, 9.17) is 5.26 Å². The zero-order valence-electron chi connectivity index (χ0n) is 15.6. The molecule has 0 unspecified atom stereocenters. The highest BCUT2D eigenvalue weighted by Gasteiger charge is 2.14. The average Bonchev–Trinajstić information content (AvgIpc) is 2.77. The van der Waals surface area contributed by atoms with E-state index in [9.17, 15) is 13.2 Å². The van der Waals surface area contributed by atoms with Crippen LogP contribution in [0.1, 0.15) is 21.5 Å². The molecule has 0 saturated heterocycles. The SMILES string of the molecule is COC(=O)c1cccc(CNS(=O)(=O)c2ccc(-c3ccc(C#N)cc3)cc2)c1. The summed E-state index contributed by atoms with van der Waals surface area (Å²) in [4.78, 5) is 11.7. The first kappa shape index (κ1) is 20.3. The summed E-state index contributed by atoms with van der Waals surface area (Å²) in [7, 11) is -2.43. The lowest BCUT2D eigenvalue weighted by atomic mass is 10.0. The summed E-state index contributed by atoms with van der Waals surface area (Å²) in [5.41, 5.74) is 3.30. The fourth-order valence-corrected chi connectivity index (χ4v) is 3.77. The van der Waals surface area contributed by atoms with Crippen molar-refractivity contribution in [3.63, 3.8) is 0 Å². The van der Waals surface area contributed by atoms with Crippen molar-refractivity contribution in [1.82, 2.24) is 4.72 Å². The largest absolute Gasteiger partial charge is 0.465 e. The Balaban J connectivity index is 1.72. The highest BCUT2D eigenvalue weighted by atomic mass is 32.2. The van der Waals surface area contributed by atoms with Gasteiger partial charge in [-0.05, 0) is 53.1 Å².